The molecule has 1 aliphatic rings. The molecule has 3 N–H and O–H groups in total. The smallest absolute Gasteiger partial charge is 0.407 e. The van der Waals surface area contributed by atoms with Crippen LogP contribution in [0.1, 0.15) is 41.3 Å². The largest absolute Gasteiger partial charge is 0.478 e. The van der Waals surface area contributed by atoms with E-state index in [0.29, 0.717) is 4.47 Å². The maximum atomic E-state index is 13.0. The Kier molecular flexibility index (Phi) is 7.21. The maximum absolute atomic E-state index is 13.0. The van der Waals surface area contributed by atoms with E-state index in [-0.39, 0.29) is 29.7 Å². The van der Waals surface area contributed by atoms with Crippen LogP contribution in [0.15, 0.2) is 71.2 Å². The molecule has 0 fully saturated rings. The first-order valence-corrected chi connectivity index (χ1v) is 12.0. The van der Waals surface area contributed by atoms with Crippen molar-refractivity contribution in [1.82, 2.24) is 5.32 Å². The molecule has 8 heteroatoms. The van der Waals surface area contributed by atoms with E-state index in [9.17, 15) is 19.5 Å². The molecule has 35 heavy (non-hydrogen) atoms. The van der Waals surface area contributed by atoms with Crippen LogP contribution in [-0.2, 0) is 9.53 Å². The van der Waals surface area contributed by atoms with Crippen LogP contribution >= 0.6 is 15.9 Å². The van der Waals surface area contributed by atoms with Gasteiger partial charge in [0, 0.05) is 10.4 Å². The minimum Gasteiger partial charge on any atom is -0.478 e. The van der Waals surface area contributed by atoms with E-state index in [1.54, 1.807) is 19.9 Å². The molecule has 0 radical (unpaired) electrons. The number of carbonyl (C=O) groups is 3. The molecular formula is C27H25BrN2O5. The summed E-state index contributed by atoms with van der Waals surface area (Å²) in [5, 5.41) is 14.7. The molecule has 0 saturated carbocycles. The van der Waals surface area contributed by atoms with Crippen molar-refractivity contribution in [3.05, 3.63) is 87.9 Å². The second-order valence-corrected chi connectivity index (χ2v) is 9.59. The van der Waals surface area contributed by atoms with Gasteiger partial charge in [-0.1, -0.05) is 78.3 Å². The number of nitrogens with one attached hydrogen (secondary N) is 2. The molecule has 0 aromatic heterocycles. The van der Waals surface area contributed by atoms with Gasteiger partial charge in [-0.25, -0.2) is 9.59 Å². The minimum absolute atomic E-state index is 0.0507. The Hall–Kier alpha value is -3.65. The summed E-state index contributed by atoms with van der Waals surface area (Å²) in [5.41, 5.74) is 4.52. The van der Waals surface area contributed by atoms with Gasteiger partial charge in [0.2, 0.25) is 5.91 Å². The highest BCUT2D eigenvalue weighted by Crippen LogP contribution is 2.44. The molecule has 1 atom stereocenters. The van der Waals surface area contributed by atoms with Crippen molar-refractivity contribution in [2.24, 2.45) is 5.92 Å². The molecule has 180 valence electrons. The third-order valence-corrected chi connectivity index (χ3v) is 6.53. The molecule has 3 aromatic carbocycles. The molecule has 0 aliphatic heterocycles. The van der Waals surface area contributed by atoms with Crippen molar-refractivity contribution in [2.45, 2.75) is 25.8 Å². The lowest BCUT2D eigenvalue weighted by Crippen LogP contribution is -2.47. The average molecular weight is 537 g/mol. The van der Waals surface area contributed by atoms with Gasteiger partial charge in [0.15, 0.2) is 0 Å². The summed E-state index contributed by atoms with van der Waals surface area (Å²) in [6.07, 6.45) is -0.714. The van der Waals surface area contributed by atoms with Gasteiger partial charge < -0.3 is 20.5 Å². The van der Waals surface area contributed by atoms with E-state index in [1.807, 2.05) is 36.4 Å². The Morgan fingerprint density at radius 2 is 1.57 bits per heavy atom. The fraction of sp³-hybridized carbons (Fsp3) is 0.222. The number of aromatic carboxylic acids is 1. The van der Waals surface area contributed by atoms with Gasteiger partial charge in [-0.3, -0.25) is 4.79 Å². The number of benzene rings is 3. The molecule has 0 saturated heterocycles. The normalized spacial score (nSPS) is 13.0. The number of alkyl carbamates (subject to hydrolysis) is 1. The van der Waals surface area contributed by atoms with Crippen LogP contribution < -0.4 is 10.6 Å². The Labute approximate surface area is 211 Å². The predicted molar refractivity (Wildman–Crippen MR) is 137 cm³/mol. The van der Waals surface area contributed by atoms with Crippen LogP contribution in [0.2, 0.25) is 0 Å². The Balaban J connectivity index is 1.45. The number of hydrogen-bond acceptors (Lipinski definition) is 4. The lowest BCUT2D eigenvalue weighted by atomic mass is 9.98. The predicted octanol–water partition coefficient (Wildman–Crippen LogP) is 5.65. The van der Waals surface area contributed by atoms with Crippen molar-refractivity contribution >= 4 is 39.6 Å². The summed E-state index contributed by atoms with van der Waals surface area (Å²) < 4.78 is 6.18. The highest BCUT2D eigenvalue weighted by molar-refractivity contribution is 9.10. The van der Waals surface area contributed by atoms with Crippen molar-refractivity contribution in [3.8, 4) is 11.1 Å². The fourth-order valence-electron chi connectivity index (χ4n) is 4.32. The van der Waals surface area contributed by atoms with Crippen molar-refractivity contribution in [1.29, 1.82) is 0 Å². The van der Waals surface area contributed by atoms with Gasteiger partial charge in [-0.05, 0) is 46.4 Å². The number of rotatable bonds is 7. The molecule has 3 aromatic rings. The number of ether oxygens (including phenoxy) is 1. The number of carboxylic acid groups (broad SMARTS) is 1. The minimum atomic E-state index is -1.17. The molecular weight excluding hydrogens is 512 g/mol. The zero-order chi connectivity index (χ0) is 25.1. The van der Waals surface area contributed by atoms with Gasteiger partial charge in [0.25, 0.3) is 0 Å². The van der Waals surface area contributed by atoms with Gasteiger partial charge in [0.05, 0.1) is 11.3 Å². The third kappa shape index (κ3) is 5.22. The standard InChI is InChI=1S/C27H25BrN2O5/c1-15(2)24(25(31)29-23-13-16(28)11-12-21(23)26(32)33)30-27(34)35-14-22-19-9-5-3-7-17(19)18-8-4-6-10-20(18)22/h3-13,15,22,24H,14H2,1-2H3,(H,29,31)(H,30,34)(H,32,33). The number of carbonyl (C=O) groups excluding carboxylic acids is 2. The van der Waals surface area contributed by atoms with Crippen LogP contribution in [0.5, 0.6) is 0 Å². The lowest BCUT2D eigenvalue weighted by Gasteiger charge is -2.22. The molecule has 1 unspecified atom stereocenters. The maximum Gasteiger partial charge on any atom is 0.407 e. The van der Waals surface area contributed by atoms with E-state index in [1.165, 1.54) is 12.1 Å². The topological polar surface area (TPSA) is 105 Å². The first-order chi connectivity index (χ1) is 16.8. The Bertz CT molecular complexity index is 1240. The second kappa shape index (κ2) is 10.3. The average Bonchev–Trinajstić information content (AvgIpc) is 3.14. The van der Waals surface area contributed by atoms with Crippen LogP contribution in [0, 0.1) is 5.92 Å². The van der Waals surface area contributed by atoms with Crippen LogP contribution in [0.4, 0.5) is 10.5 Å². The Morgan fingerprint density at radius 1 is 0.971 bits per heavy atom. The third-order valence-electron chi connectivity index (χ3n) is 6.04. The number of carboxylic acids is 1. The number of halogens is 1. The zero-order valence-corrected chi connectivity index (χ0v) is 20.8. The molecule has 1 aliphatic carbocycles. The first-order valence-electron chi connectivity index (χ1n) is 11.2. The summed E-state index contributed by atoms with van der Waals surface area (Å²) in [7, 11) is 0. The van der Waals surface area contributed by atoms with Crippen molar-refractivity contribution in [2.75, 3.05) is 11.9 Å². The van der Waals surface area contributed by atoms with E-state index >= 15 is 0 Å². The van der Waals surface area contributed by atoms with Gasteiger partial charge >= 0.3 is 12.1 Å². The van der Waals surface area contributed by atoms with Crippen LogP contribution in [0.25, 0.3) is 11.1 Å². The van der Waals surface area contributed by atoms with Crippen LogP contribution in [0.3, 0.4) is 0 Å². The van der Waals surface area contributed by atoms with Crippen molar-refractivity contribution < 1.29 is 24.2 Å². The number of amides is 2. The monoisotopic (exact) mass is 536 g/mol. The number of fused-ring (bicyclic) bond motifs is 3. The quantitative estimate of drug-likeness (QED) is 0.362. The summed E-state index contributed by atoms with van der Waals surface area (Å²) in [6.45, 7) is 3.70. The van der Waals surface area contributed by atoms with E-state index < -0.39 is 24.0 Å². The molecule has 2 amide bonds. The van der Waals surface area contributed by atoms with Gasteiger partial charge in [-0.15, -0.1) is 0 Å². The molecule has 7 nitrogen and oxygen atoms in total. The fourth-order valence-corrected chi connectivity index (χ4v) is 4.68. The molecule has 0 bridgehead atoms. The highest BCUT2D eigenvalue weighted by atomic mass is 79.9. The van der Waals surface area contributed by atoms with Crippen molar-refractivity contribution in [3.63, 3.8) is 0 Å². The highest BCUT2D eigenvalue weighted by Gasteiger charge is 2.30. The lowest BCUT2D eigenvalue weighted by molar-refractivity contribution is -0.119. The zero-order valence-electron chi connectivity index (χ0n) is 19.2. The van der Waals surface area contributed by atoms with Crippen LogP contribution in [-0.4, -0.2) is 35.7 Å². The number of anilines is 1. The number of hydrogen-bond donors (Lipinski definition) is 3. The van der Waals surface area contributed by atoms with Gasteiger partial charge in [-0.2, -0.15) is 0 Å². The summed E-state index contributed by atoms with van der Waals surface area (Å²) >= 11 is 3.28. The molecule has 4 rings (SSSR count). The van der Waals surface area contributed by atoms with E-state index in [0.717, 1.165) is 22.3 Å². The van der Waals surface area contributed by atoms with E-state index in [2.05, 4.69) is 38.7 Å². The SMILES string of the molecule is CC(C)C(NC(=O)OCC1c2ccccc2-c2ccccc21)C(=O)Nc1cc(Br)ccc1C(=O)O. The molecule has 0 heterocycles. The molecule has 0 spiro atoms. The summed E-state index contributed by atoms with van der Waals surface area (Å²) in [5.74, 6) is -2.07. The van der Waals surface area contributed by atoms with Gasteiger partial charge in [0.1, 0.15) is 12.6 Å². The second-order valence-electron chi connectivity index (χ2n) is 8.68. The summed E-state index contributed by atoms with van der Waals surface area (Å²) in [6, 6.07) is 19.6. The van der Waals surface area contributed by atoms with E-state index in [4.69, 9.17) is 4.74 Å². The Morgan fingerprint density at radius 3 is 2.14 bits per heavy atom. The first kappa shape index (κ1) is 24.5. The summed E-state index contributed by atoms with van der Waals surface area (Å²) in [4.78, 5) is 37.2.